The minimum Gasteiger partial charge on any atom is -0.497 e. The first-order valence-corrected chi connectivity index (χ1v) is 9.26. The fourth-order valence-corrected chi connectivity index (χ4v) is 3.31. The normalized spacial score (nSPS) is 15.7. The van der Waals surface area contributed by atoms with Gasteiger partial charge >= 0.3 is 0 Å². The number of piperazine rings is 1. The maximum atomic E-state index is 5.45. The van der Waals surface area contributed by atoms with Gasteiger partial charge in [-0.2, -0.15) is 4.98 Å². The molecule has 0 aliphatic carbocycles. The second-order valence-corrected chi connectivity index (χ2v) is 6.78. The zero-order chi connectivity index (χ0) is 18.5. The standard InChI is InChI=1S/C21H24N4O2/c1-26-19-9-7-18(8-10-19)21-22-20(27-23-21)16-25-13-11-24(12-14-25)15-17-5-3-2-4-6-17/h2-10H,11-16H2,1H3. The molecule has 6 nitrogen and oxygen atoms in total. The molecular formula is C21H24N4O2. The van der Waals surface area contributed by atoms with E-state index in [0.717, 1.165) is 44.0 Å². The quantitative estimate of drug-likeness (QED) is 0.670. The summed E-state index contributed by atoms with van der Waals surface area (Å²) in [6.07, 6.45) is 0. The molecule has 0 N–H and O–H groups in total. The predicted octanol–water partition coefficient (Wildman–Crippen LogP) is 3.06. The fourth-order valence-electron chi connectivity index (χ4n) is 3.31. The number of methoxy groups -OCH3 is 1. The van der Waals surface area contributed by atoms with Crippen LogP contribution in [0.1, 0.15) is 11.5 Å². The van der Waals surface area contributed by atoms with E-state index < -0.39 is 0 Å². The molecule has 0 atom stereocenters. The molecule has 0 bridgehead atoms. The van der Waals surface area contributed by atoms with Gasteiger partial charge in [0.25, 0.3) is 0 Å². The third kappa shape index (κ3) is 4.53. The van der Waals surface area contributed by atoms with Crippen LogP contribution in [0, 0.1) is 0 Å². The van der Waals surface area contributed by atoms with Crippen LogP contribution < -0.4 is 4.74 Å². The lowest BCUT2D eigenvalue weighted by atomic mass is 10.2. The van der Waals surface area contributed by atoms with E-state index in [2.05, 4.69) is 50.3 Å². The SMILES string of the molecule is COc1ccc(-c2noc(CN3CCN(Cc4ccccc4)CC3)n2)cc1. The number of aromatic nitrogens is 2. The summed E-state index contributed by atoms with van der Waals surface area (Å²) in [5.74, 6) is 2.10. The van der Waals surface area contributed by atoms with Gasteiger partial charge in [0.2, 0.25) is 11.7 Å². The summed E-state index contributed by atoms with van der Waals surface area (Å²) < 4.78 is 10.6. The van der Waals surface area contributed by atoms with Crippen molar-refractivity contribution < 1.29 is 9.26 Å². The van der Waals surface area contributed by atoms with E-state index in [0.29, 0.717) is 18.3 Å². The smallest absolute Gasteiger partial charge is 0.241 e. The highest BCUT2D eigenvalue weighted by atomic mass is 16.5. The van der Waals surface area contributed by atoms with Crippen molar-refractivity contribution in [2.45, 2.75) is 13.1 Å². The zero-order valence-corrected chi connectivity index (χ0v) is 15.5. The topological polar surface area (TPSA) is 54.6 Å². The molecule has 0 radical (unpaired) electrons. The Balaban J connectivity index is 1.30. The van der Waals surface area contributed by atoms with Crippen molar-refractivity contribution in [3.05, 3.63) is 66.1 Å². The van der Waals surface area contributed by atoms with Crippen LogP contribution in [-0.4, -0.2) is 53.2 Å². The molecule has 3 aromatic rings. The van der Waals surface area contributed by atoms with Gasteiger partial charge in [-0.25, -0.2) is 0 Å². The van der Waals surface area contributed by atoms with Crippen LogP contribution in [0.5, 0.6) is 5.75 Å². The van der Waals surface area contributed by atoms with Crippen molar-refractivity contribution in [1.29, 1.82) is 0 Å². The monoisotopic (exact) mass is 364 g/mol. The van der Waals surface area contributed by atoms with Gasteiger partial charge in [0.05, 0.1) is 13.7 Å². The Kier molecular flexibility index (Phi) is 5.46. The largest absolute Gasteiger partial charge is 0.497 e. The highest BCUT2D eigenvalue weighted by Crippen LogP contribution is 2.20. The van der Waals surface area contributed by atoms with Crippen LogP contribution in [0.3, 0.4) is 0 Å². The lowest BCUT2D eigenvalue weighted by molar-refractivity contribution is 0.112. The van der Waals surface area contributed by atoms with Crippen LogP contribution in [0.2, 0.25) is 0 Å². The third-order valence-electron chi connectivity index (χ3n) is 4.89. The molecule has 4 rings (SSSR count). The van der Waals surface area contributed by atoms with Gasteiger partial charge in [-0.3, -0.25) is 9.80 Å². The second kappa shape index (κ2) is 8.33. The molecule has 6 heteroatoms. The van der Waals surface area contributed by atoms with Crippen molar-refractivity contribution in [3.8, 4) is 17.1 Å². The molecule has 140 valence electrons. The highest BCUT2D eigenvalue weighted by molar-refractivity contribution is 5.55. The number of hydrogen-bond acceptors (Lipinski definition) is 6. The average molecular weight is 364 g/mol. The third-order valence-corrected chi connectivity index (χ3v) is 4.89. The van der Waals surface area contributed by atoms with Gasteiger partial charge in [0.1, 0.15) is 5.75 Å². The highest BCUT2D eigenvalue weighted by Gasteiger charge is 2.19. The number of ether oxygens (including phenoxy) is 1. The van der Waals surface area contributed by atoms with Crippen molar-refractivity contribution in [1.82, 2.24) is 19.9 Å². The molecule has 0 unspecified atom stereocenters. The van der Waals surface area contributed by atoms with Crippen LogP contribution in [0.15, 0.2) is 59.1 Å². The molecule has 0 saturated carbocycles. The van der Waals surface area contributed by atoms with Crippen molar-refractivity contribution >= 4 is 0 Å². The molecule has 2 aromatic carbocycles. The lowest BCUT2D eigenvalue weighted by Crippen LogP contribution is -2.45. The molecule has 1 fully saturated rings. The zero-order valence-electron chi connectivity index (χ0n) is 15.5. The molecule has 0 spiro atoms. The molecule has 1 saturated heterocycles. The second-order valence-electron chi connectivity index (χ2n) is 6.78. The van der Waals surface area contributed by atoms with Crippen molar-refractivity contribution in [3.63, 3.8) is 0 Å². The Morgan fingerprint density at radius 1 is 0.889 bits per heavy atom. The summed E-state index contributed by atoms with van der Waals surface area (Å²) in [5.41, 5.74) is 2.30. The number of nitrogens with zero attached hydrogens (tertiary/aromatic N) is 4. The van der Waals surface area contributed by atoms with Crippen LogP contribution >= 0.6 is 0 Å². The Bertz CT molecular complexity index is 840. The first-order valence-electron chi connectivity index (χ1n) is 9.26. The summed E-state index contributed by atoms with van der Waals surface area (Å²) in [5, 5.41) is 4.11. The fraction of sp³-hybridized carbons (Fsp3) is 0.333. The molecule has 1 aliphatic heterocycles. The minimum atomic E-state index is 0.621. The summed E-state index contributed by atoms with van der Waals surface area (Å²) in [6.45, 7) is 5.82. The van der Waals surface area contributed by atoms with Gasteiger partial charge in [0.15, 0.2) is 0 Å². The Labute approximate surface area is 159 Å². The van der Waals surface area contributed by atoms with Crippen molar-refractivity contribution in [2.75, 3.05) is 33.3 Å². The Morgan fingerprint density at radius 2 is 1.56 bits per heavy atom. The molecular weight excluding hydrogens is 340 g/mol. The van der Waals surface area contributed by atoms with E-state index in [1.807, 2.05) is 24.3 Å². The molecule has 2 heterocycles. The van der Waals surface area contributed by atoms with Gasteiger partial charge in [-0.1, -0.05) is 35.5 Å². The first-order chi connectivity index (χ1) is 13.3. The van der Waals surface area contributed by atoms with E-state index in [1.165, 1.54) is 5.56 Å². The average Bonchev–Trinajstić information content (AvgIpc) is 3.19. The molecule has 27 heavy (non-hydrogen) atoms. The summed E-state index contributed by atoms with van der Waals surface area (Å²) in [6, 6.07) is 18.3. The Morgan fingerprint density at radius 3 is 2.22 bits per heavy atom. The molecule has 0 amide bonds. The Hall–Kier alpha value is -2.70. The minimum absolute atomic E-state index is 0.621. The van der Waals surface area contributed by atoms with Gasteiger partial charge in [-0.05, 0) is 29.8 Å². The summed E-state index contributed by atoms with van der Waals surface area (Å²) in [4.78, 5) is 9.40. The van der Waals surface area contributed by atoms with E-state index in [-0.39, 0.29) is 0 Å². The van der Waals surface area contributed by atoms with Gasteiger partial charge in [0, 0.05) is 38.3 Å². The van der Waals surface area contributed by atoms with E-state index in [4.69, 9.17) is 9.26 Å². The summed E-state index contributed by atoms with van der Waals surface area (Å²) >= 11 is 0. The lowest BCUT2D eigenvalue weighted by Gasteiger charge is -2.33. The van der Waals surface area contributed by atoms with Crippen LogP contribution in [0.4, 0.5) is 0 Å². The van der Waals surface area contributed by atoms with Gasteiger partial charge < -0.3 is 9.26 Å². The van der Waals surface area contributed by atoms with Crippen molar-refractivity contribution in [2.24, 2.45) is 0 Å². The van der Waals surface area contributed by atoms with E-state index in [1.54, 1.807) is 7.11 Å². The van der Waals surface area contributed by atoms with E-state index in [9.17, 15) is 0 Å². The number of rotatable bonds is 6. The predicted molar refractivity (Wildman–Crippen MR) is 103 cm³/mol. The number of benzene rings is 2. The maximum Gasteiger partial charge on any atom is 0.241 e. The maximum absolute atomic E-state index is 5.45. The van der Waals surface area contributed by atoms with Crippen LogP contribution in [0.25, 0.3) is 11.4 Å². The summed E-state index contributed by atoms with van der Waals surface area (Å²) in [7, 11) is 1.65. The molecule has 1 aliphatic rings. The number of hydrogen-bond donors (Lipinski definition) is 0. The van der Waals surface area contributed by atoms with Crippen LogP contribution in [-0.2, 0) is 13.1 Å². The van der Waals surface area contributed by atoms with Gasteiger partial charge in [-0.15, -0.1) is 0 Å². The molecule has 1 aromatic heterocycles. The first kappa shape index (κ1) is 17.7. The van der Waals surface area contributed by atoms with E-state index >= 15 is 0 Å².